The maximum Gasteiger partial charge on any atom is 0.319 e. The van der Waals surface area contributed by atoms with E-state index in [1.165, 1.54) is 71.1 Å². The average molecular weight is 1300 g/mol. The van der Waals surface area contributed by atoms with Crippen LogP contribution in [0.15, 0.2) is 191 Å². The van der Waals surface area contributed by atoms with E-state index in [1.54, 1.807) is 87.3 Å². The summed E-state index contributed by atoms with van der Waals surface area (Å²) in [6.45, 7) is 5.65. The number of pyridine rings is 2. The van der Waals surface area contributed by atoms with Gasteiger partial charge in [0.2, 0.25) is 0 Å². The molecular weight excluding hydrogens is 1210 g/mol. The molecule has 0 spiro atoms. The lowest BCUT2D eigenvalue weighted by Gasteiger charge is -2.35. The maximum atomic E-state index is 14.6. The molecule has 2 aromatic heterocycles. The second-order valence-corrected chi connectivity index (χ2v) is 25.5. The number of hydrogen-bond acceptors (Lipinski definition) is 13. The minimum Gasteiger partial charge on any atom is -0.369 e. The molecule has 2 fully saturated rings. The summed E-state index contributed by atoms with van der Waals surface area (Å²) >= 11 is 0. The van der Waals surface area contributed by atoms with Crippen molar-refractivity contribution >= 4 is 53.2 Å². The molecule has 5 aliphatic rings. The molecule has 500 valence electrons. The summed E-state index contributed by atoms with van der Waals surface area (Å²) in [6.07, 6.45) is 19.1. The second-order valence-electron chi connectivity index (χ2n) is 25.5. The molecule has 5 aromatic carbocycles. The number of rotatable bonds is 19. The molecule has 2 saturated carbocycles. The number of aliphatic imine (C=N–C) groups is 3. The average Bonchev–Trinajstić information content (AvgIpc) is 1.57. The van der Waals surface area contributed by atoms with E-state index in [9.17, 15) is 32.8 Å². The predicted molar refractivity (Wildman–Crippen MR) is 370 cm³/mol. The molecular formula is C75H86F2N14O5. The van der Waals surface area contributed by atoms with Gasteiger partial charge < -0.3 is 32.7 Å². The largest absolute Gasteiger partial charge is 0.369 e. The molecule has 0 saturated heterocycles. The molecule has 6 amide bonds. The fraction of sp³-hybridized carbons (Fsp3) is 0.360. The SMILES string of the molecule is CCCN(CCC)C(=O)c1cc(CN2C(=O)C(c3ccccc3)(c3ccccc3)N=C2N)ccn1.CN1C(=O)C(c2ccccc2)(c2cc(F)cc(-c3ccncc3)c2)N=C1N.CN1C(=O)[C@@](CCC2CCCCC2)(C[C@H]2CCC[C@@H](NC(=O)Nc3cccc(F)c3)C2)N=C1N. The van der Waals surface area contributed by atoms with Crippen molar-refractivity contribution in [2.45, 2.75) is 133 Å². The van der Waals surface area contributed by atoms with Crippen LogP contribution in [0.4, 0.5) is 19.3 Å². The minimum absolute atomic E-state index is 0.0123. The van der Waals surface area contributed by atoms with E-state index in [4.69, 9.17) is 27.2 Å². The number of aromatic nitrogens is 2. The van der Waals surface area contributed by atoms with Gasteiger partial charge >= 0.3 is 6.03 Å². The van der Waals surface area contributed by atoms with Crippen molar-refractivity contribution in [1.29, 1.82) is 0 Å². The van der Waals surface area contributed by atoms with Crippen LogP contribution in [-0.4, -0.2) is 116 Å². The number of nitrogens with one attached hydrogen (secondary N) is 2. The van der Waals surface area contributed by atoms with E-state index in [-0.39, 0.29) is 65.9 Å². The molecule has 7 aromatic rings. The molecule has 4 atom stereocenters. The molecule has 1 unspecified atom stereocenters. The van der Waals surface area contributed by atoms with Crippen LogP contribution >= 0.6 is 0 Å². The molecule has 2 aliphatic carbocycles. The molecule has 19 nitrogen and oxygen atoms in total. The number of carbonyl (C=O) groups is 5. The lowest BCUT2D eigenvalue weighted by Crippen LogP contribution is -2.45. The van der Waals surface area contributed by atoms with Crippen LogP contribution in [0, 0.1) is 23.5 Å². The lowest BCUT2D eigenvalue weighted by atomic mass is 9.74. The predicted octanol–water partition coefficient (Wildman–Crippen LogP) is 11.6. The first kappa shape index (κ1) is 68.7. The summed E-state index contributed by atoms with van der Waals surface area (Å²) in [5.41, 5.74) is 20.5. The van der Waals surface area contributed by atoms with Crippen molar-refractivity contribution in [2.75, 3.05) is 32.5 Å². The van der Waals surface area contributed by atoms with Gasteiger partial charge in [0, 0.05) is 57.5 Å². The third-order valence-corrected chi connectivity index (χ3v) is 18.8. The summed E-state index contributed by atoms with van der Waals surface area (Å²) < 4.78 is 28.0. The van der Waals surface area contributed by atoms with Crippen LogP contribution in [-0.2, 0) is 32.0 Å². The van der Waals surface area contributed by atoms with Crippen LogP contribution in [0.1, 0.15) is 142 Å². The number of carbonyl (C=O) groups excluding carboxylic acids is 5. The van der Waals surface area contributed by atoms with Crippen molar-refractivity contribution < 1.29 is 32.8 Å². The first-order valence-corrected chi connectivity index (χ1v) is 33.3. The van der Waals surface area contributed by atoms with Gasteiger partial charge in [-0.3, -0.25) is 43.8 Å². The molecule has 96 heavy (non-hydrogen) atoms. The zero-order valence-corrected chi connectivity index (χ0v) is 55.1. The van der Waals surface area contributed by atoms with Gasteiger partial charge in [-0.2, -0.15) is 0 Å². The van der Waals surface area contributed by atoms with Gasteiger partial charge in [0.1, 0.15) is 22.9 Å². The summed E-state index contributed by atoms with van der Waals surface area (Å²) in [5, 5.41) is 5.75. The van der Waals surface area contributed by atoms with Gasteiger partial charge in [0.25, 0.3) is 23.6 Å². The summed E-state index contributed by atoms with van der Waals surface area (Å²) in [7, 11) is 3.28. The van der Waals surface area contributed by atoms with Crippen LogP contribution in [0.3, 0.4) is 0 Å². The van der Waals surface area contributed by atoms with Crippen molar-refractivity contribution in [3.8, 4) is 11.1 Å². The standard InChI is InChI=1S/C28H31N5O2.C26H38FN5O2.C21H17FN4O/c1-3-17-32(18-4-2)25(34)24-19-21(15-16-30-24)20-33-26(35)28(31-27(33)29,22-11-7-5-8-12-22)23-13-9-6-10-14-23;1-32-23(33)26(31-24(32)28,14-13-18-7-3-2-4-8-18)17-19-9-5-11-21(15-19)29-25(34)30-22-12-6-10-20(27)16-22;1-26-19(27)21(25-20(26)23,16-5-3-2-4-6-16)17-11-15(12-18(22)13-17)14-7-9-24-10-8-14/h5-16,19H,3-4,17-18,20H2,1-2H3,(H2,29,31);6,10,12,16,18-19,21H,2-5,7-9,11,13-15,17H2,1H3,(H2,28,31)(H2,29,30,34);2-13H,1H3,(H2,23,25)/t;19-,21+,26+;/m.0./s1. The third kappa shape index (κ3) is 15.3. The van der Waals surface area contributed by atoms with Gasteiger partial charge in [-0.15, -0.1) is 0 Å². The molecule has 5 heterocycles. The molecule has 21 heteroatoms. The Morgan fingerprint density at radius 2 is 1.18 bits per heavy atom. The van der Waals surface area contributed by atoms with E-state index in [0.29, 0.717) is 59.5 Å². The second kappa shape index (κ2) is 30.9. The van der Waals surface area contributed by atoms with Crippen molar-refractivity contribution in [1.82, 2.24) is 34.9 Å². The van der Waals surface area contributed by atoms with Gasteiger partial charge in [-0.25, -0.2) is 28.6 Å². The van der Waals surface area contributed by atoms with Crippen LogP contribution in [0.25, 0.3) is 11.1 Å². The fourth-order valence-electron chi connectivity index (χ4n) is 14.0. The number of hydrogen-bond donors (Lipinski definition) is 5. The Morgan fingerprint density at radius 3 is 1.76 bits per heavy atom. The molecule has 12 rings (SSSR count). The number of amides is 6. The van der Waals surface area contributed by atoms with E-state index in [0.717, 1.165) is 73.6 Å². The zero-order chi connectivity index (χ0) is 68.0. The monoisotopic (exact) mass is 1300 g/mol. The van der Waals surface area contributed by atoms with Gasteiger partial charge in [-0.05, 0) is 156 Å². The highest BCUT2D eigenvalue weighted by Gasteiger charge is 2.52. The van der Waals surface area contributed by atoms with Crippen LogP contribution in [0.5, 0.6) is 0 Å². The number of anilines is 1. The zero-order valence-electron chi connectivity index (χ0n) is 55.1. The number of halogens is 2. The van der Waals surface area contributed by atoms with E-state index >= 15 is 0 Å². The highest BCUT2D eigenvalue weighted by Crippen LogP contribution is 2.44. The highest BCUT2D eigenvalue weighted by molar-refractivity contribution is 6.10. The Balaban J connectivity index is 0.000000158. The Morgan fingerprint density at radius 1 is 0.583 bits per heavy atom. The number of urea groups is 1. The summed E-state index contributed by atoms with van der Waals surface area (Å²) in [6, 6.07) is 45.2. The highest BCUT2D eigenvalue weighted by atomic mass is 19.1. The van der Waals surface area contributed by atoms with E-state index in [2.05, 4.69) is 25.6 Å². The molecule has 8 N–H and O–H groups in total. The Hall–Kier alpha value is -10.2. The Kier molecular flexibility index (Phi) is 22.1. The third-order valence-electron chi connectivity index (χ3n) is 18.8. The van der Waals surface area contributed by atoms with Gasteiger partial charge in [0.15, 0.2) is 29.0 Å². The smallest absolute Gasteiger partial charge is 0.319 e. The topological polar surface area (TPSA) is 263 Å². The number of nitrogens with zero attached hydrogens (tertiary/aromatic N) is 9. The Labute approximate surface area is 560 Å². The normalized spacial score (nSPS) is 20.7. The quantitative estimate of drug-likeness (QED) is 0.0511. The van der Waals surface area contributed by atoms with Crippen LogP contribution < -0.4 is 27.8 Å². The summed E-state index contributed by atoms with van der Waals surface area (Å²) in [4.78, 5) is 94.4. The van der Waals surface area contributed by atoms with Gasteiger partial charge in [-0.1, -0.05) is 156 Å². The number of likely N-dealkylation sites (N-methyl/N-ethyl adjacent to an activating group) is 2. The first-order valence-electron chi connectivity index (χ1n) is 33.3. The van der Waals surface area contributed by atoms with Crippen molar-refractivity contribution in [2.24, 2.45) is 44.0 Å². The van der Waals surface area contributed by atoms with Gasteiger partial charge in [0.05, 0.1) is 6.54 Å². The van der Waals surface area contributed by atoms with E-state index in [1.807, 2.05) is 97.6 Å². The maximum absolute atomic E-state index is 14.6. The number of guanidine groups is 3. The van der Waals surface area contributed by atoms with E-state index < -0.39 is 22.4 Å². The number of benzene rings is 5. The summed E-state index contributed by atoms with van der Waals surface area (Å²) in [5.74, 6) is 0.0318. The van der Waals surface area contributed by atoms with Crippen molar-refractivity contribution in [3.05, 3.63) is 221 Å². The molecule has 0 bridgehead atoms. The Bertz CT molecular complexity index is 3920. The number of nitrogens with two attached hydrogens (primary N) is 3. The fourth-order valence-corrected chi connectivity index (χ4v) is 14.0. The molecule has 0 radical (unpaired) electrons. The minimum atomic E-state index is -1.41. The lowest BCUT2D eigenvalue weighted by molar-refractivity contribution is -0.132. The molecule has 3 aliphatic heterocycles. The van der Waals surface area contributed by atoms with Crippen LogP contribution in [0.2, 0.25) is 0 Å². The van der Waals surface area contributed by atoms with Crippen molar-refractivity contribution in [3.63, 3.8) is 0 Å². The first-order chi connectivity index (χ1) is 46.4.